The first kappa shape index (κ1) is 25.0. The molecule has 0 unspecified atom stereocenters. The number of fused-ring (bicyclic) bond motifs is 1. The second-order valence-electron chi connectivity index (χ2n) is 7.72. The Morgan fingerprint density at radius 3 is 2.53 bits per heavy atom. The van der Waals surface area contributed by atoms with Gasteiger partial charge in [-0.1, -0.05) is 41.9 Å². The zero-order valence-electron chi connectivity index (χ0n) is 19.7. The average Bonchev–Trinajstić information content (AvgIpc) is 3.38. The Bertz CT molecular complexity index is 1360. The van der Waals surface area contributed by atoms with Crippen molar-refractivity contribution in [2.24, 2.45) is 0 Å². The summed E-state index contributed by atoms with van der Waals surface area (Å²) >= 11 is 6.05. The smallest absolute Gasteiger partial charge is 0.325 e. The van der Waals surface area contributed by atoms with E-state index in [4.69, 9.17) is 16.3 Å². The van der Waals surface area contributed by atoms with Crippen molar-refractivity contribution in [2.45, 2.75) is 13.2 Å². The van der Waals surface area contributed by atoms with Crippen LogP contribution in [0.5, 0.6) is 5.75 Å². The Hall–Kier alpha value is -4.15. The molecule has 0 aliphatic heterocycles. The van der Waals surface area contributed by atoms with E-state index >= 15 is 0 Å². The zero-order valence-corrected chi connectivity index (χ0v) is 20.5. The first-order valence-corrected chi connectivity index (χ1v) is 11.5. The Kier molecular flexibility index (Phi) is 7.99. The van der Waals surface area contributed by atoms with E-state index in [1.165, 1.54) is 18.0 Å². The molecule has 0 spiro atoms. The lowest BCUT2D eigenvalue weighted by atomic mass is 10.1. The van der Waals surface area contributed by atoms with Crippen molar-refractivity contribution in [1.82, 2.24) is 25.2 Å². The summed E-state index contributed by atoms with van der Waals surface area (Å²) in [5.74, 6) is -0.846. The SMILES string of the molecule is CNCc1c(OCc2ccccc2)c(C(=O)NCC(=O)OC)n2ncnc2c1Nc1ccc(Cl)cc1. The molecule has 0 bridgehead atoms. The summed E-state index contributed by atoms with van der Waals surface area (Å²) in [6, 6.07) is 16.8. The topological polar surface area (TPSA) is 119 Å². The number of carbonyl (C=O) groups excluding carboxylic acids is 2. The minimum atomic E-state index is -0.582. The molecule has 0 aliphatic carbocycles. The molecule has 186 valence electrons. The molecule has 36 heavy (non-hydrogen) atoms. The monoisotopic (exact) mass is 508 g/mol. The van der Waals surface area contributed by atoms with Gasteiger partial charge < -0.3 is 25.4 Å². The maximum Gasteiger partial charge on any atom is 0.325 e. The van der Waals surface area contributed by atoms with Gasteiger partial charge in [0.2, 0.25) is 0 Å². The highest BCUT2D eigenvalue weighted by Crippen LogP contribution is 2.36. The number of anilines is 2. The van der Waals surface area contributed by atoms with E-state index in [-0.39, 0.29) is 18.8 Å². The number of benzene rings is 2. The van der Waals surface area contributed by atoms with Gasteiger partial charge in [0, 0.05) is 22.8 Å². The van der Waals surface area contributed by atoms with Crippen molar-refractivity contribution in [3.8, 4) is 5.75 Å². The summed E-state index contributed by atoms with van der Waals surface area (Å²) in [6.07, 6.45) is 1.35. The number of methoxy groups -OCH3 is 1. The van der Waals surface area contributed by atoms with Gasteiger partial charge in [-0.3, -0.25) is 9.59 Å². The lowest BCUT2D eigenvalue weighted by molar-refractivity contribution is -0.139. The fraction of sp³-hybridized carbons (Fsp3) is 0.200. The van der Waals surface area contributed by atoms with E-state index in [0.717, 1.165) is 11.3 Å². The summed E-state index contributed by atoms with van der Waals surface area (Å²) in [5.41, 5.74) is 3.46. The Labute approximate surface area is 212 Å². The van der Waals surface area contributed by atoms with Gasteiger partial charge in [-0.05, 0) is 36.9 Å². The molecule has 1 amide bonds. The minimum absolute atomic E-state index is 0.106. The number of amides is 1. The van der Waals surface area contributed by atoms with E-state index in [1.807, 2.05) is 42.5 Å². The van der Waals surface area contributed by atoms with Crippen molar-refractivity contribution in [3.63, 3.8) is 0 Å². The van der Waals surface area contributed by atoms with Crippen molar-refractivity contribution >= 4 is 40.5 Å². The molecule has 0 saturated carbocycles. The maximum atomic E-state index is 13.3. The van der Waals surface area contributed by atoms with Crippen LogP contribution in [0.4, 0.5) is 11.4 Å². The summed E-state index contributed by atoms with van der Waals surface area (Å²) in [7, 11) is 3.04. The van der Waals surface area contributed by atoms with Crippen LogP contribution in [-0.4, -0.2) is 47.2 Å². The van der Waals surface area contributed by atoms with Crippen LogP contribution in [0.2, 0.25) is 5.02 Å². The second kappa shape index (κ2) is 11.5. The largest absolute Gasteiger partial charge is 0.486 e. The molecule has 10 nitrogen and oxygen atoms in total. The molecule has 2 heterocycles. The number of pyridine rings is 1. The molecule has 2 aromatic carbocycles. The molecule has 0 radical (unpaired) electrons. The Balaban J connectivity index is 1.86. The lowest BCUT2D eigenvalue weighted by Gasteiger charge is -2.21. The van der Waals surface area contributed by atoms with Crippen molar-refractivity contribution in [1.29, 1.82) is 0 Å². The van der Waals surface area contributed by atoms with Gasteiger partial charge in [-0.15, -0.1) is 0 Å². The lowest BCUT2D eigenvalue weighted by Crippen LogP contribution is -2.32. The van der Waals surface area contributed by atoms with Gasteiger partial charge in [0.05, 0.1) is 12.8 Å². The number of aromatic nitrogens is 3. The molecule has 0 atom stereocenters. The number of carbonyl (C=O) groups is 2. The van der Waals surface area contributed by atoms with E-state index in [9.17, 15) is 9.59 Å². The first-order chi connectivity index (χ1) is 17.5. The summed E-state index contributed by atoms with van der Waals surface area (Å²) in [6.45, 7) is 0.242. The van der Waals surface area contributed by atoms with E-state index in [0.29, 0.717) is 34.2 Å². The highest BCUT2D eigenvalue weighted by molar-refractivity contribution is 6.30. The van der Waals surface area contributed by atoms with Crippen LogP contribution < -0.4 is 20.7 Å². The van der Waals surface area contributed by atoms with Gasteiger partial charge in [0.25, 0.3) is 5.91 Å². The number of hydrogen-bond acceptors (Lipinski definition) is 8. The quantitative estimate of drug-likeness (QED) is 0.279. The molecule has 11 heteroatoms. The van der Waals surface area contributed by atoms with Crippen molar-refractivity contribution in [2.75, 3.05) is 26.0 Å². The standard InChI is InChI=1S/C25H25ClN6O4/c1-27-12-19-21(31-18-10-8-17(26)9-11-18)24-29-15-30-32(24)22(25(34)28-13-20(33)35-2)23(19)36-14-16-6-4-3-5-7-16/h3-11,15,27,31H,12-14H2,1-2H3,(H,28,34). The van der Waals surface area contributed by atoms with E-state index in [1.54, 1.807) is 19.2 Å². The zero-order chi connectivity index (χ0) is 25.5. The van der Waals surface area contributed by atoms with Crippen LogP contribution in [0.1, 0.15) is 21.6 Å². The van der Waals surface area contributed by atoms with Gasteiger partial charge in [-0.2, -0.15) is 5.10 Å². The summed E-state index contributed by atoms with van der Waals surface area (Å²) < 4.78 is 12.3. The number of hydrogen-bond donors (Lipinski definition) is 3. The van der Waals surface area contributed by atoms with Gasteiger partial charge in [0.1, 0.15) is 19.5 Å². The molecule has 0 saturated heterocycles. The highest BCUT2D eigenvalue weighted by atomic mass is 35.5. The number of halogens is 1. The first-order valence-electron chi connectivity index (χ1n) is 11.1. The molecule has 0 aliphatic rings. The summed E-state index contributed by atoms with van der Waals surface area (Å²) in [5, 5.41) is 14.0. The Morgan fingerprint density at radius 1 is 1.08 bits per heavy atom. The third-order valence-electron chi connectivity index (χ3n) is 5.30. The number of nitrogens with zero attached hydrogens (tertiary/aromatic N) is 3. The van der Waals surface area contributed by atoms with Crippen LogP contribution >= 0.6 is 11.6 Å². The molecule has 3 N–H and O–H groups in total. The predicted octanol–water partition coefficient (Wildman–Crippen LogP) is 3.33. The minimum Gasteiger partial charge on any atom is -0.486 e. The second-order valence-corrected chi connectivity index (χ2v) is 8.16. The van der Waals surface area contributed by atoms with Crippen LogP contribution in [0.25, 0.3) is 5.65 Å². The number of esters is 1. The molecule has 4 rings (SSSR count). The molecular formula is C25H25ClN6O4. The van der Waals surface area contributed by atoms with Crippen LogP contribution in [0.15, 0.2) is 60.9 Å². The maximum absolute atomic E-state index is 13.3. The third-order valence-corrected chi connectivity index (χ3v) is 5.56. The van der Waals surface area contributed by atoms with Crippen LogP contribution in [0, 0.1) is 0 Å². The summed E-state index contributed by atoms with van der Waals surface area (Å²) in [4.78, 5) is 29.4. The molecular weight excluding hydrogens is 484 g/mol. The number of ether oxygens (including phenoxy) is 2. The van der Waals surface area contributed by atoms with Crippen LogP contribution in [-0.2, 0) is 22.7 Å². The highest BCUT2D eigenvalue weighted by Gasteiger charge is 2.27. The van der Waals surface area contributed by atoms with Gasteiger partial charge >= 0.3 is 5.97 Å². The van der Waals surface area contributed by atoms with Gasteiger partial charge in [-0.25, -0.2) is 9.50 Å². The Morgan fingerprint density at radius 2 is 1.83 bits per heavy atom. The molecule has 0 fully saturated rings. The number of rotatable bonds is 10. The normalized spacial score (nSPS) is 10.8. The fourth-order valence-electron chi connectivity index (χ4n) is 3.61. The predicted molar refractivity (Wildman–Crippen MR) is 136 cm³/mol. The molecule has 4 aromatic rings. The number of nitrogens with one attached hydrogen (secondary N) is 3. The average molecular weight is 509 g/mol. The molecule has 2 aromatic heterocycles. The van der Waals surface area contributed by atoms with Crippen LogP contribution in [0.3, 0.4) is 0 Å². The van der Waals surface area contributed by atoms with E-state index < -0.39 is 11.9 Å². The van der Waals surface area contributed by atoms with Crippen molar-refractivity contribution in [3.05, 3.63) is 82.8 Å². The van der Waals surface area contributed by atoms with Crippen molar-refractivity contribution < 1.29 is 19.1 Å². The van der Waals surface area contributed by atoms with Gasteiger partial charge in [0.15, 0.2) is 17.1 Å². The fourth-order valence-corrected chi connectivity index (χ4v) is 3.74. The third kappa shape index (κ3) is 5.56. The van der Waals surface area contributed by atoms with E-state index in [2.05, 4.69) is 30.8 Å².